The molecule has 2 aliphatic heterocycles. The molecule has 114 valence electrons. The van der Waals surface area contributed by atoms with Crippen LogP contribution in [0.4, 0.5) is 0 Å². The summed E-state index contributed by atoms with van der Waals surface area (Å²) >= 11 is 0. The van der Waals surface area contributed by atoms with Crippen molar-refractivity contribution in [3.63, 3.8) is 0 Å². The van der Waals surface area contributed by atoms with Crippen LogP contribution in [0.3, 0.4) is 0 Å². The molecule has 4 nitrogen and oxygen atoms in total. The monoisotopic (exact) mass is 281 g/mol. The SMILES string of the molecule is CCC1(C(=O)O)CCN(C2CCOC3(CCCC3)C2)C1. The number of hydrogen-bond donors (Lipinski definition) is 1. The van der Waals surface area contributed by atoms with Gasteiger partial charge in [0, 0.05) is 19.2 Å². The quantitative estimate of drug-likeness (QED) is 0.864. The van der Waals surface area contributed by atoms with E-state index in [2.05, 4.69) is 4.90 Å². The van der Waals surface area contributed by atoms with E-state index >= 15 is 0 Å². The number of ether oxygens (including phenoxy) is 1. The summed E-state index contributed by atoms with van der Waals surface area (Å²) in [4.78, 5) is 14.0. The molecule has 3 aliphatic rings. The van der Waals surface area contributed by atoms with E-state index in [1.165, 1.54) is 25.7 Å². The molecular weight excluding hydrogens is 254 g/mol. The summed E-state index contributed by atoms with van der Waals surface area (Å²) in [6.45, 7) is 4.55. The average molecular weight is 281 g/mol. The minimum absolute atomic E-state index is 0.129. The molecule has 0 aromatic rings. The summed E-state index contributed by atoms with van der Waals surface area (Å²) in [5, 5.41) is 9.53. The highest BCUT2D eigenvalue weighted by Crippen LogP contribution is 2.43. The second-order valence-corrected chi connectivity index (χ2v) is 7.04. The van der Waals surface area contributed by atoms with E-state index in [1.807, 2.05) is 6.92 Å². The molecule has 0 radical (unpaired) electrons. The van der Waals surface area contributed by atoms with Crippen LogP contribution in [-0.2, 0) is 9.53 Å². The van der Waals surface area contributed by atoms with Crippen LogP contribution in [0.1, 0.15) is 58.3 Å². The molecule has 2 unspecified atom stereocenters. The van der Waals surface area contributed by atoms with Crippen molar-refractivity contribution in [3.05, 3.63) is 0 Å². The van der Waals surface area contributed by atoms with E-state index < -0.39 is 11.4 Å². The van der Waals surface area contributed by atoms with Crippen LogP contribution < -0.4 is 0 Å². The number of carbonyl (C=O) groups is 1. The van der Waals surface area contributed by atoms with Crippen molar-refractivity contribution < 1.29 is 14.6 Å². The normalized spacial score (nSPS) is 37.5. The summed E-state index contributed by atoms with van der Waals surface area (Å²) in [6, 6.07) is 0.537. The summed E-state index contributed by atoms with van der Waals surface area (Å²) in [7, 11) is 0. The average Bonchev–Trinajstić information content (AvgIpc) is 3.07. The van der Waals surface area contributed by atoms with Crippen LogP contribution in [-0.4, -0.2) is 47.3 Å². The van der Waals surface area contributed by atoms with Gasteiger partial charge in [0.05, 0.1) is 11.0 Å². The molecule has 1 spiro atoms. The Morgan fingerprint density at radius 3 is 2.70 bits per heavy atom. The minimum atomic E-state index is -0.606. The maximum atomic E-state index is 11.6. The van der Waals surface area contributed by atoms with Gasteiger partial charge in [-0.1, -0.05) is 19.8 Å². The van der Waals surface area contributed by atoms with Crippen LogP contribution in [0.5, 0.6) is 0 Å². The Balaban J connectivity index is 1.67. The van der Waals surface area contributed by atoms with E-state index in [9.17, 15) is 9.90 Å². The number of likely N-dealkylation sites (tertiary alicyclic amines) is 1. The van der Waals surface area contributed by atoms with Gasteiger partial charge < -0.3 is 9.84 Å². The molecule has 2 saturated heterocycles. The molecule has 2 atom stereocenters. The first-order valence-electron chi connectivity index (χ1n) is 8.21. The van der Waals surface area contributed by atoms with Crippen molar-refractivity contribution in [2.45, 2.75) is 69.9 Å². The van der Waals surface area contributed by atoms with Crippen molar-refractivity contribution in [2.24, 2.45) is 5.41 Å². The highest BCUT2D eigenvalue weighted by molar-refractivity contribution is 5.75. The smallest absolute Gasteiger partial charge is 0.310 e. The first kappa shape index (κ1) is 14.3. The molecule has 1 saturated carbocycles. The molecule has 3 fully saturated rings. The third-order valence-electron chi connectivity index (χ3n) is 6.01. The zero-order chi connectivity index (χ0) is 14.2. The van der Waals surface area contributed by atoms with Crippen molar-refractivity contribution in [1.82, 2.24) is 4.90 Å². The number of hydrogen-bond acceptors (Lipinski definition) is 3. The lowest BCUT2D eigenvalue weighted by Gasteiger charge is -2.42. The molecular formula is C16H27NO3. The number of nitrogens with zero attached hydrogens (tertiary/aromatic N) is 1. The second kappa shape index (κ2) is 5.30. The topological polar surface area (TPSA) is 49.8 Å². The van der Waals surface area contributed by atoms with Gasteiger partial charge in [0.2, 0.25) is 0 Å². The van der Waals surface area contributed by atoms with Gasteiger partial charge in [-0.15, -0.1) is 0 Å². The standard InChI is InChI=1S/C16H27NO3/c1-2-15(14(18)19)8-9-17(12-15)13-5-10-20-16(11-13)6-3-4-7-16/h13H,2-12H2,1H3,(H,18,19). The highest BCUT2D eigenvalue weighted by atomic mass is 16.5. The maximum Gasteiger partial charge on any atom is 0.310 e. The van der Waals surface area contributed by atoms with Gasteiger partial charge in [0.15, 0.2) is 0 Å². The number of carboxylic acids is 1. The van der Waals surface area contributed by atoms with Gasteiger partial charge in [0.25, 0.3) is 0 Å². The number of aliphatic carboxylic acids is 1. The van der Waals surface area contributed by atoms with Gasteiger partial charge in [-0.3, -0.25) is 9.69 Å². The largest absolute Gasteiger partial charge is 0.481 e. The molecule has 3 rings (SSSR count). The van der Waals surface area contributed by atoms with E-state index in [1.54, 1.807) is 0 Å². The molecule has 2 heterocycles. The van der Waals surface area contributed by atoms with Gasteiger partial charge in [-0.05, 0) is 45.1 Å². The predicted molar refractivity (Wildman–Crippen MR) is 76.7 cm³/mol. The Morgan fingerprint density at radius 1 is 1.35 bits per heavy atom. The maximum absolute atomic E-state index is 11.6. The molecule has 1 N–H and O–H groups in total. The summed E-state index contributed by atoms with van der Waals surface area (Å²) < 4.78 is 6.10. The Labute approximate surface area is 121 Å². The Morgan fingerprint density at radius 2 is 2.10 bits per heavy atom. The molecule has 20 heavy (non-hydrogen) atoms. The summed E-state index contributed by atoms with van der Waals surface area (Å²) in [6.07, 6.45) is 8.73. The van der Waals surface area contributed by atoms with Crippen LogP contribution in [0.25, 0.3) is 0 Å². The Bertz CT molecular complexity index is 378. The third kappa shape index (κ3) is 2.37. The first-order valence-corrected chi connectivity index (χ1v) is 8.21. The molecule has 0 aromatic heterocycles. The van der Waals surface area contributed by atoms with Crippen molar-refractivity contribution >= 4 is 5.97 Å². The van der Waals surface area contributed by atoms with Gasteiger partial charge in [-0.2, -0.15) is 0 Å². The van der Waals surface area contributed by atoms with E-state index in [-0.39, 0.29) is 5.60 Å². The fourth-order valence-electron chi connectivity index (χ4n) is 4.51. The zero-order valence-corrected chi connectivity index (χ0v) is 12.6. The van der Waals surface area contributed by atoms with E-state index in [4.69, 9.17) is 4.74 Å². The van der Waals surface area contributed by atoms with Crippen LogP contribution in [0.15, 0.2) is 0 Å². The number of carboxylic acid groups (broad SMARTS) is 1. The predicted octanol–water partition coefficient (Wildman–Crippen LogP) is 2.66. The Hall–Kier alpha value is -0.610. The van der Waals surface area contributed by atoms with Gasteiger partial charge in [-0.25, -0.2) is 0 Å². The molecule has 0 amide bonds. The fraction of sp³-hybridized carbons (Fsp3) is 0.938. The molecule has 1 aliphatic carbocycles. The van der Waals surface area contributed by atoms with E-state index in [0.717, 1.165) is 45.4 Å². The van der Waals surface area contributed by atoms with Crippen molar-refractivity contribution in [3.8, 4) is 0 Å². The van der Waals surface area contributed by atoms with Crippen LogP contribution in [0.2, 0.25) is 0 Å². The minimum Gasteiger partial charge on any atom is -0.481 e. The van der Waals surface area contributed by atoms with Gasteiger partial charge >= 0.3 is 5.97 Å². The van der Waals surface area contributed by atoms with Crippen molar-refractivity contribution in [1.29, 1.82) is 0 Å². The van der Waals surface area contributed by atoms with Gasteiger partial charge in [0.1, 0.15) is 0 Å². The highest BCUT2D eigenvalue weighted by Gasteiger charge is 2.48. The zero-order valence-electron chi connectivity index (χ0n) is 12.6. The van der Waals surface area contributed by atoms with Crippen LogP contribution >= 0.6 is 0 Å². The summed E-state index contributed by atoms with van der Waals surface area (Å²) in [5.74, 6) is -0.606. The summed E-state index contributed by atoms with van der Waals surface area (Å²) in [5.41, 5.74) is -0.370. The third-order valence-corrected chi connectivity index (χ3v) is 6.01. The fourth-order valence-corrected chi connectivity index (χ4v) is 4.51. The lowest BCUT2D eigenvalue weighted by molar-refractivity contribution is -0.148. The van der Waals surface area contributed by atoms with Crippen LogP contribution in [0, 0.1) is 5.41 Å². The lowest BCUT2D eigenvalue weighted by atomic mass is 9.84. The molecule has 0 aromatic carbocycles. The molecule has 0 bridgehead atoms. The van der Waals surface area contributed by atoms with Crippen molar-refractivity contribution in [2.75, 3.05) is 19.7 Å². The lowest BCUT2D eigenvalue weighted by Crippen LogP contribution is -2.47. The number of rotatable bonds is 3. The first-order chi connectivity index (χ1) is 9.59. The second-order valence-electron chi connectivity index (χ2n) is 7.04. The molecule has 4 heteroatoms. The Kier molecular flexibility index (Phi) is 3.80. The van der Waals surface area contributed by atoms with E-state index in [0.29, 0.717) is 6.04 Å².